The second-order valence-electron chi connectivity index (χ2n) is 5.26. The molecule has 106 valence electrons. The molecule has 2 rings (SSSR count). The maximum absolute atomic E-state index is 13.4. The number of esters is 1. The standard InChI is InChI=1S/C15H17FN2O2/c1-10-7-18(9-14(10)15(19)20-2)8-12-3-11(6-17)4-13(16)5-12/h3-5,10,14H,7-9H2,1-2H3. The highest BCUT2D eigenvalue weighted by molar-refractivity contribution is 5.73. The van der Waals surface area contributed by atoms with E-state index in [0.717, 1.165) is 12.1 Å². The Bertz CT molecular complexity index is 553. The lowest BCUT2D eigenvalue weighted by Crippen LogP contribution is -2.24. The number of carbonyl (C=O) groups is 1. The number of methoxy groups -OCH3 is 1. The molecule has 0 radical (unpaired) electrons. The van der Waals surface area contributed by atoms with Crippen LogP contribution in [-0.4, -0.2) is 31.1 Å². The van der Waals surface area contributed by atoms with E-state index in [9.17, 15) is 9.18 Å². The molecule has 1 saturated heterocycles. The van der Waals surface area contributed by atoms with E-state index in [1.54, 1.807) is 6.07 Å². The summed E-state index contributed by atoms with van der Waals surface area (Å²) < 4.78 is 18.2. The van der Waals surface area contributed by atoms with Crippen molar-refractivity contribution in [1.29, 1.82) is 5.26 Å². The second kappa shape index (κ2) is 6.02. The van der Waals surface area contributed by atoms with Gasteiger partial charge in [0.1, 0.15) is 5.82 Å². The predicted octanol–water partition coefficient (Wildman–Crippen LogP) is 1.94. The van der Waals surface area contributed by atoms with E-state index in [2.05, 4.69) is 4.90 Å². The summed E-state index contributed by atoms with van der Waals surface area (Å²) >= 11 is 0. The van der Waals surface area contributed by atoms with Gasteiger partial charge in [-0.25, -0.2) is 4.39 Å². The summed E-state index contributed by atoms with van der Waals surface area (Å²) in [7, 11) is 1.39. The lowest BCUT2D eigenvalue weighted by molar-refractivity contribution is -0.146. The monoisotopic (exact) mass is 276 g/mol. The van der Waals surface area contributed by atoms with Crippen LogP contribution in [-0.2, 0) is 16.1 Å². The number of rotatable bonds is 3. The minimum absolute atomic E-state index is 0.135. The number of hydrogen-bond acceptors (Lipinski definition) is 4. The highest BCUT2D eigenvalue weighted by Gasteiger charge is 2.35. The average Bonchev–Trinajstić information content (AvgIpc) is 2.77. The van der Waals surface area contributed by atoms with E-state index in [0.29, 0.717) is 18.7 Å². The third kappa shape index (κ3) is 3.14. The van der Waals surface area contributed by atoms with Gasteiger partial charge in [-0.15, -0.1) is 0 Å². The summed E-state index contributed by atoms with van der Waals surface area (Å²) in [6.45, 7) is 3.91. The maximum atomic E-state index is 13.4. The molecule has 0 aliphatic carbocycles. The van der Waals surface area contributed by atoms with Crippen LogP contribution < -0.4 is 0 Å². The molecule has 1 heterocycles. The Morgan fingerprint density at radius 3 is 2.90 bits per heavy atom. The molecular weight excluding hydrogens is 259 g/mol. The van der Waals surface area contributed by atoms with Crippen molar-refractivity contribution in [3.8, 4) is 6.07 Å². The Morgan fingerprint density at radius 2 is 2.25 bits per heavy atom. The molecule has 1 fully saturated rings. The zero-order chi connectivity index (χ0) is 14.7. The molecule has 0 spiro atoms. The normalized spacial score (nSPS) is 22.5. The first-order valence-corrected chi connectivity index (χ1v) is 6.53. The fourth-order valence-electron chi connectivity index (χ4n) is 2.72. The molecule has 1 aliphatic heterocycles. The van der Waals surface area contributed by atoms with Gasteiger partial charge in [-0.1, -0.05) is 6.92 Å². The van der Waals surface area contributed by atoms with Gasteiger partial charge >= 0.3 is 5.97 Å². The highest BCUT2D eigenvalue weighted by Crippen LogP contribution is 2.25. The van der Waals surface area contributed by atoms with E-state index in [1.165, 1.54) is 19.2 Å². The van der Waals surface area contributed by atoms with E-state index >= 15 is 0 Å². The Balaban J connectivity index is 2.07. The van der Waals surface area contributed by atoms with Crippen LogP contribution in [0.5, 0.6) is 0 Å². The molecule has 0 N–H and O–H groups in total. The first-order chi connectivity index (χ1) is 9.53. The number of halogens is 1. The minimum Gasteiger partial charge on any atom is -0.469 e. The number of likely N-dealkylation sites (tertiary alicyclic amines) is 1. The van der Waals surface area contributed by atoms with Crippen LogP contribution in [0.4, 0.5) is 4.39 Å². The van der Waals surface area contributed by atoms with Crippen molar-refractivity contribution in [2.24, 2.45) is 11.8 Å². The number of hydrogen-bond donors (Lipinski definition) is 0. The molecule has 1 aromatic rings. The summed E-state index contributed by atoms with van der Waals surface area (Å²) in [5, 5.41) is 8.84. The summed E-state index contributed by atoms with van der Waals surface area (Å²) in [5.74, 6) is -0.525. The average molecular weight is 276 g/mol. The van der Waals surface area contributed by atoms with Crippen LogP contribution in [0.15, 0.2) is 18.2 Å². The van der Waals surface area contributed by atoms with Crippen molar-refractivity contribution in [1.82, 2.24) is 4.90 Å². The van der Waals surface area contributed by atoms with E-state index in [4.69, 9.17) is 10.00 Å². The highest BCUT2D eigenvalue weighted by atomic mass is 19.1. The molecule has 2 atom stereocenters. The largest absolute Gasteiger partial charge is 0.469 e. The van der Waals surface area contributed by atoms with Gasteiger partial charge in [-0.05, 0) is 29.7 Å². The Morgan fingerprint density at radius 1 is 1.50 bits per heavy atom. The molecule has 1 aromatic carbocycles. The first kappa shape index (κ1) is 14.5. The molecule has 0 amide bonds. The predicted molar refractivity (Wildman–Crippen MR) is 71.1 cm³/mol. The summed E-state index contributed by atoms with van der Waals surface area (Å²) in [4.78, 5) is 13.7. The molecular formula is C15H17FN2O2. The van der Waals surface area contributed by atoms with Gasteiger partial charge in [0.05, 0.1) is 24.7 Å². The first-order valence-electron chi connectivity index (χ1n) is 6.53. The van der Waals surface area contributed by atoms with Gasteiger partial charge in [0.15, 0.2) is 0 Å². The van der Waals surface area contributed by atoms with E-state index in [1.807, 2.05) is 13.0 Å². The molecule has 0 aromatic heterocycles. The van der Waals surface area contributed by atoms with Crippen molar-refractivity contribution in [3.63, 3.8) is 0 Å². The quantitative estimate of drug-likeness (QED) is 0.792. The minimum atomic E-state index is -0.407. The smallest absolute Gasteiger partial charge is 0.310 e. The topological polar surface area (TPSA) is 53.3 Å². The van der Waals surface area contributed by atoms with Gasteiger partial charge in [0, 0.05) is 19.6 Å². The third-order valence-electron chi connectivity index (χ3n) is 3.68. The molecule has 4 nitrogen and oxygen atoms in total. The lowest BCUT2D eigenvalue weighted by Gasteiger charge is -2.15. The van der Waals surface area contributed by atoms with Crippen LogP contribution in [0, 0.1) is 29.0 Å². The fraction of sp³-hybridized carbons (Fsp3) is 0.467. The van der Waals surface area contributed by atoms with Crippen LogP contribution >= 0.6 is 0 Å². The van der Waals surface area contributed by atoms with Crippen LogP contribution in [0.25, 0.3) is 0 Å². The third-order valence-corrected chi connectivity index (χ3v) is 3.68. The van der Waals surface area contributed by atoms with Crippen LogP contribution in [0.1, 0.15) is 18.1 Å². The Hall–Kier alpha value is -1.93. The van der Waals surface area contributed by atoms with E-state index in [-0.39, 0.29) is 17.8 Å². The SMILES string of the molecule is COC(=O)C1CN(Cc2cc(F)cc(C#N)c2)CC1C. The van der Waals surface area contributed by atoms with Crippen molar-refractivity contribution >= 4 is 5.97 Å². The zero-order valence-corrected chi connectivity index (χ0v) is 11.6. The maximum Gasteiger partial charge on any atom is 0.310 e. The molecule has 0 saturated carbocycles. The Kier molecular flexibility index (Phi) is 4.35. The lowest BCUT2D eigenvalue weighted by atomic mass is 9.99. The molecule has 0 bridgehead atoms. The molecule has 2 unspecified atom stereocenters. The summed E-state index contributed by atoms with van der Waals surface area (Å²) in [6.07, 6.45) is 0. The van der Waals surface area contributed by atoms with Gasteiger partial charge in [0.25, 0.3) is 0 Å². The number of nitriles is 1. The van der Waals surface area contributed by atoms with Gasteiger partial charge in [-0.3, -0.25) is 9.69 Å². The van der Waals surface area contributed by atoms with Gasteiger partial charge < -0.3 is 4.74 Å². The molecule has 5 heteroatoms. The van der Waals surface area contributed by atoms with Crippen LogP contribution in [0.2, 0.25) is 0 Å². The van der Waals surface area contributed by atoms with Crippen molar-refractivity contribution in [3.05, 3.63) is 35.1 Å². The second-order valence-corrected chi connectivity index (χ2v) is 5.26. The van der Waals surface area contributed by atoms with Gasteiger partial charge in [0.2, 0.25) is 0 Å². The number of carbonyl (C=O) groups excluding carboxylic acids is 1. The molecule has 20 heavy (non-hydrogen) atoms. The number of ether oxygens (including phenoxy) is 1. The number of benzene rings is 1. The van der Waals surface area contributed by atoms with Crippen molar-refractivity contribution in [2.45, 2.75) is 13.5 Å². The van der Waals surface area contributed by atoms with Gasteiger partial charge in [-0.2, -0.15) is 5.26 Å². The van der Waals surface area contributed by atoms with Crippen molar-refractivity contribution < 1.29 is 13.9 Å². The zero-order valence-electron chi connectivity index (χ0n) is 11.6. The summed E-state index contributed by atoms with van der Waals surface area (Å²) in [6, 6.07) is 6.27. The number of nitrogens with zero attached hydrogens (tertiary/aromatic N) is 2. The Labute approximate surface area is 117 Å². The van der Waals surface area contributed by atoms with Crippen LogP contribution in [0.3, 0.4) is 0 Å². The summed E-state index contributed by atoms with van der Waals surface area (Å²) in [5.41, 5.74) is 1.07. The molecule has 1 aliphatic rings. The fourth-order valence-corrected chi connectivity index (χ4v) is 2.72. The van der Waals surface area contributed by atoms with Crippen molar-refractivity contribution in [2.75, 3.05) is 20.2 Å². The van der Waals surface area contributed by atoms with E-state index < -0.39 is 5.82 Å².